The predicted octanol–water partition coefficient (Wildman–Crippen LogP) is -0.820. The molecule has 0 aromatic rings. The van der Waals surface area contributed by atoms with Gasteiger partial charge >= 0.3 is 17.9 Å². The van der Waals surface area contributed by atoms with Gasteiger partial charge in [0, 0.05) is 20.8 Å². The number of carbonyl (C=O) groups excluding carboxylic acids is 6. The van der Waals surface area contributed by atoms with Crippen LogP contribution in [-0.4, -0.2) is 68.5 Å². The van der Waals surface area contributed by atoms with Crippen LogP contribution in [-0.2, 0) is 43.0 Å². The molecule has 0 aromatic carbocycles. The number of hydrogen-bond donors (Lipinski definition) is 3. The Morgan fingerprint density at radius 2 is 0.967 bits per heavy atom. The van der Waals surface area contributed by atoms with Gasteiger partial charge in [0.15, 0.2) is 0 Å². The average Bonchev–Trinajstić information content (AvgIpc) is 2.65. The van der Waals surface area contributed by atoms with Gasteiger partial charge < -0.3 is 30.2 Å². The maximum Gasteiger partial charge on any atom is 0.330 e. The quantitative estimate of drug-likeness (QED) is 0.239. The average molecular weight is 433 g/mol. The molecule has 0 saturated carbocycles. The fourth-order valence-electron chi connectivity index (χ4n) is 1.15. The van der Waals surface area contributed by atoms with E-state index in [1.54, 1.807) is 13.8 Å². The van der Waals surface area contributed by atoms with Crippen LogP contribution in [0.15, 0.2) is 12.8 Å². The van der Waals surface area contributed by atoms with Gasteiger partial charge in [-0.3, -0.25) is 24.0 Å². The Kier molecular flexibility index (Phi) is 22.8. The molecule has 0 bridgehead atoms. The minimum Gasteiger partial charge on any atom is -0.465 e. The van der Waals surface area contributed by atoms with Crippen molar-refractivity contribution in [2.45, 2.75) is 34.6 Å². The van der Waals surface area contributed by atoms with E-state index in [-0.39, 0.29) is 37.4 Å². The Bertz CT molecular complexity index is 545. The first-order chi connectivity index (χ1) is 14.0. The summed E-state index contributed by atoms with van der Waals surface area (Å²) in [5.74, 6) is -2.05. The summed E-state index contributed by atoms with van der Waals surface area (Å²) in [6.45, 7) is 11.1. The van der Waals surface area contributed by atoms with Gasteiger partial charge in [0.25, 0.3) is 0 Å². The van der Waals surface area contributed by atoms with Crippen LogP contribution in [0.4, 0.5) is 0 Å². The Hall–Kier alpha value is -3.44. The third-order valence-electron chi connectivity index (χ3n) is 2.27. The second-order valence-electron chi connectivity index (χ2n) is 5.00. The van der Waals surface area contributed by atoms with Crippen molar-refractivity contribution >= 4 is 35.6 Å². The number of ether oxygens (including phenoxy) is 3. The zero-order valence-corrected chi connectivity index (χ0v) is 18.0. The highest BCUT2D eigenvalue weighted by Gasteiger charge is 2.01. The largest absolute Gasteiger partial charge is 0.465 e. The normalized spacial score (nSPS) is 8.43. The van der Waals surface area contributed by atoms with E-state index < -0.39 is 17.9 Å². The molecule has 0 rings (SSSR count). The fraction of sp³-hybridized carbons (Fsp3) is 0.556. The molecule has 0 atom stereocenters. The second-order valence-corrected chi connectivity index (χ2v) is 5.00. The van der Waals surface area contributed by atoms with Crippen molar-refractivity contribution in [3.63, 3.8) is 0 Å². The molecule has 0 aromatic heterocycles. The van der Waals surface area contributed by atoms with Crippen LogP contribution >= 0.6 is 0 Å². The highest BCUT2D eigenvalue weighted by Crippen LogP contribution is 1.76. The fourth-order valence-corrected chi connectivity index (χ4v) is 1.15. The summed E-state index contributed by atoms with van der Waals surface area (Å²) < 4.78 is 13.4. The molecule has 0 aliphatic rings. The number of amides is 3. The molecule has 0 spiro atoms. The molecule has 12 nitrogen and oxygen atoms in total. The van der Waals surface area contributed by atoms with Crippen molar-refractivity contribution in [3.8, 4) is 0 Å². The lowest BCUT2D eigenvalue weighted by molar-refractivity contribution is -0.143. The van der Waals surface area contributed by atoms with Crippen LogP contribution in [0.3, 0.4) is 0 Å². The molecule has 0 aliphatic heterocycles. The molecule has 0 radical (unpaired) electrons. The van der Waals surface area contributed by atoms with E-state index in [4.69, 9.17) is 0 Å². The predicted molar refractivity (Wildman–Crippen MR) is 106 cm³/mol. The van der Waals surface area contributed by atoms with Gasteiger partial charge in [-0.05, 0) is 13.8 Å². The molecule has 3 amide bonds. The second kappa shape index (κ2) is 21.9. The highest BCUT2D eigenvalue weighted by atomic mass is 16.5. The summed E-state index contributed by atoms with van der Waals surface area (Å²) in [6, 6.07) is 0. The lowest BCUT2D eigenvalue weighted by Gasteiger charge is -2.00. The Labute approximate surface area is 175 Å². The van der Waals surface area contributed by atoms with Crippen LogP contribution in [0.2, 0.25) is 0 Å². The van der Waals surface area contributed by atoms with Crippen molar-refractivity contribution in [2.75, 3.05) is 32.8 Å². The van der Waals surface area contributed by atoms with Crippen molar-refractivity contribution in [3.05, 3.63) is 12.8 Å². The lowest BCUT2D eigenvalue weighted by Crippen LogP contribution is -2.28. The van der Waals surface area contributed by atoms with Crippen molar-refractivity contribution in [2.24, 2.45) is 0 Å². The Morgan fingerprint density at radius 1 is 0.667 bits per heavy atom. The van der Waals surface area contributed by atoms with E-state index in [0.717, 1.165) is 6.26 Å². The molecule has 12 heteroatoms. The minimum atomic E-state index is -0.523. The van der Waals surface area contributed by atoms with Gasteiger partial charge in [0.05, 0.1) is 19.5 Å². The molecule has 30 heavy (non-hydrogen) atoms. The van der Waals surface area contributed by atoms with E-state index >= 15 is 0 Å². The van der Waals surface area contributed by atoms with Crippen molar-refractivity contribution in [1.82, 2.24) is 16.0 Å². The van der Waals surface area contributed by atoms with Gasteiger partial charge in [-0.2, -0.15) is 0 Å². The van der Waals surface area contributed by atoms with E-state index in [0.29, 0.717) is 13.2 Å². The Balaban J connectivity index is -0.000000364. The zero-order valence-electron chi connectivity index (χ0n) is 18.0. The molecular formula is C18H31N3O9. The first-order valence-corrected chi connectivity index (χ1v) is 8.84. The molecule has 0 heterocycles. The molecule has 0 fully saturated rings. The van der Waals surface area contributed by atoms with Gasteiger partial charge in [0.1, 0.15) is 19.6 Å². The van der Waals surface area contributed by atoms with E-state index in [1.165, 1.54) is 20.8 Å². The SMILES string of the molecule is C=COC(=O)CNC(C)=O.CCOC(=O)CNC(C)=O.CCOC(=O)CNC(C)=O. The first-order valence-electron chi connectivity index (χ1n) is 8.84. The summed E-state index contributed by atoms with van der Waals surface area (Å²) in [6.07, 6.45) is 1.02. The van der Waals surface area contributed by atoms with E-state index in [9.17, 15) is 28.8 Å². The van der Waals surface area contributed by atoms with Crippen molar-refractivity contribution in [1.29, 1.82) is 0 Å². The molecule has 3 N–H and O–H groups in total. The monoisotopic (exact) mass is 433 g/mol. The number of esters is 3. The van der Waals surface area contributed by atoms with Gasteiger partial charge in [-0.15, -0.1) is 0 Å². The van der Waals surface area contributed by atoms with Gasteiger partial charge in [0.2, 0.25) is 17.7 Å². The van der Waals surface area contributed by atoms with Crippen LogP contribution in [0.25, 0.3) is 0 Å². The van der Waals surface area contributed by atoms with Crippen LogP contribution in [0, 0.1) is 0 Å². The molecule has 0 saturated heterocycles. The third kappa shape index (κ3) is 32.3. The summed E-state index contributed by atoms with van der Waals surface area (Å²) >= 11 is 0. The molecule has 0 unspecified atom stereocenters. The molecular weight excluding hydrogens is 402 g/mol. The van der Waals surface area contributed by atoms with Gasteiger partial charge in [-0.25, -0.2) is 4.79 Å². The lowest BCUT2D eigenvalue weighted by atomic mass is 10.6. The number of rotatable bonds is 9. The zero-order chi connectivity index (χ0) is 23.9. The molecule has 172 valence electrons. The highest BCUT2D eigenvalue weighted by molar-refractivity contribution is 5.81. The minimum absolute atomic E-state index is 0.0385. The number of carbonyl (C=O) groups is 6. The third-order valence-corrected chi connectivity index (χ3v) is 2.27. The van der Waals surface area contributed by atoms with Crippen LogP contribution in [0.1, 0.15) is 34.6 Å². The summed E-state index contributed by atoms with van der Waals surface area (Å²) in [4.78, 5) is 62.1. The first kappa shape index (κ1) is 31.3. The van der Waals surface area contributed by atoms with Crippen molar-refractivity contribution < 1.29 is 43.0 Å². The smallest absolute Gasteiger partial charge is 0.330 e. The maximum atomic E-state index is 10.5. The van der Waals surface area contributed by atoms with E-state index in [2.05, 4.69) is 36.7 Å². The number of nitrogens with one attached hydrogen (secondary N) is 3. The topological polar surface area (TPSA) is 166 Å². The van der Waals surface area contributed by atoms with Crippen LogP contribution < -0.4 is 16.0 Å². The summed E-state index contributed by atoms with van der Waals surface area (Å²) in [5.41, 5.74) is 0. The molecule has 0 aliphatic carbocycles. The van der Waals surface area contributed by atoms with Gasteiger partial charge in [-0.1, -0.05) is 6.58 Å². The Morgan fingerprint density at radius 3 is 1.20 bits per heavy atom. The van der Waals surface area contributed by atoms with Crippen LogP contribution in [0.5, 0.6) is 0 Å². The van der Waals surface area contributed by atoms with E-state index in [1.807, 2.05) is 0 Å². The summed E-state index contributed by atoms with van der Waals surface area (Å²) in [5, 5.41) is 6.90. The summed E-state index contributed by atoms with van der Waals surface area (Å²) in [7, 11) is 0. The maximum absolute atomic E-state index is 10.5. The standard InChI is InChI=1S/2C6H11NO3.C6H9NO3/c3*1-3-10-6(9)4-7-5(2)8/h2*3-4H2,1-2H3,(H,7,8);3H,1,4H2,2H3,(H,7,8). The number of hydrogen-bond acceptors (Lipinski definition) is 9.